The van der Waals surface area contributed by atoms with E-state index in [4.69, 9.17) is 23.2 Å². The first-order valence-electron chi connectivity index (χ1n) is 8.85. The summed E-state index contributed by atoms with van der Waals surface area (Å²) >= 11 is 12.2. The van der Waals surface area contributed by atoms with E-state index in [1.54, 1.807) is 24.3 Å². The van der Waals surface area contributed by atoms with Crippen LogP contribution in [0.2, 0.25) is 10.0 Å². The molecule has 10 heteroatoms. The van der Waals surface area contributed by atoms with Gasteiger partial charge in [-0.05, 0) is 42.5 Å². The van der Waals surface area contributed by atoms with E-state index in [0.717, 1.165) is 4.31 Å². The maximum absolute atomic E-state index is 13.3. The smallest absolute Gasteiger partial charge is 0.337 e. The second-order valence-electron chi connectivity index (χ2n) is 6.32. The Morgan fingerprint density at radius 1 is 0.935 bits per heavy atom. The van der Waals surface area contributed by atoms with Crippen molar-refractivity contribution in [1.29, 1.82) is 0 Å². The molecule has 0 saturated carbocycles. The number of carboxylic acids is 1. The monoisotopic (exact) mass is 478 g/mol. The van der Waals surface area contributed by atoms with Gasteiger partial charge in [0.05, 0.1) is 26.9 Å². The zero-order chi connectivity index (χ0) is 22.6. The first-order chi connectivity index (χ1) is 14.7. The van der Waals surface area contributed by atoms with Gasteiger partial charge >= 0.3 is 5.97 Å². The summed E-state index contributed by atoms with van der Waals surface area (Å²) < 4.78 is 27.4. The van der Waals surface area contributed by atoms with Gasteiger partial charge in [0.1, 0.15) is 6.54 Å². The lowest BCUT2D eigenvalue weighted by Crippen LogP contribution is -2.38. The van der Waals surface area contributed by atoms with Gasteiger partial charge in [0.2, 0.25) is 5.91 Å². The Hall–Kier alpha value is -3.07. The SMILES string of the molecule is O=C(CN(c1ccc(Cl)cc1Cl)S(=O)(=O)c1ccccc1)Nc1ccccc1C(=O)O. The number of carbonyl (C=O) groups is 2. The summed E-state index contributed by atoms with van der Waals surface area (Å²) in [7, 11) is -4.17. The molecule has 0 unspecified atom stereocenters. The van der Waals surface area contributed by atoms with E-state index >= 15 is 0 Å². The molecule has 7 nitrogen and oxygen atoms in total. The first kappa shape index (κ1) is 22.6. The molecule has 0 saturated heterocycles. The normalized spacial score (nSPS) is 11.0. The average molecular weight is 479 g/mol. The number of nitrogens with zero attached hydrogens (tertiary/aromatic N) is 1. The molecule has 0 fully saturated rings. The maximum atomic E-state index is 13.3. The minimum Gasteiger partial charge on any atom is -0.478 e. The fraction of sp³-hybridized carbons (Fsp3) is 0.0476. The number of anilines is 2. The van der Waals surface area contributed by atoms with E-state index in [9.17, 15) is 23.1 Å². The van der Waals surface area contributed by atoms with E-state index in [2.05, 4.69) is 5.32 Å². The third-order valence-corrected chi connectivity index (χ3v) is 6.54. The third-order valence-electron chi connectivity index (χ3n) is 4.23. The molecule has 1 amide bonds. The van der Waals surface area contributed by atoms with Crippen LogP contribution in [0, 0.1) is 0 Å². The molecule has 0 bridgehead atoms. The number of nitrogens with one attached hydrogen (secondary N) is 1. The predicted molar refractivity (Wildman–Crippen MR) is 119 cm³/mol. The summed E-state index contributed by atoms with van der Waals surface area (Å²) in [5.74, 6) is -1.98. The summed E-state index contributed by atoms with van der Waals surface area (Å²) in [5.41, 5.74) is -0.0336. The van der Waals surface area contributed by atoms with Crippen molar-refractivity contribution >= 4 is 56.5 Å². The summed E-state index contributed by atoms with van der Waals surface area (Å²) in [5, 5.41) is 12.1. The Morgan fingerprint density at radius 2 is 1.58 bits per heavy atom. The second kappa shape index (κ2) is 9.38. The van der Waals surface area contributed by atoms with Crippen molar-refractivity contribution in [2.45, 2.75) is 4.90 Å². The molecular formula is C21H16Cl2N2O5S. The van der Waals surface area contributed by atoms with Gasteiger partial charge < -0.3 is 10.4 Å². The minimum absolute atomic E-state index is 0.0331. The van der Waals surface area contributed by atoms with Gasteiger partial charge in [-0.15, -0.1) is 0 Å². The van der Waals surface area contributed by atoms with Crippen LogP contribution in [0.1, 0.15) is 10.4 Å². The lowest BCUT2D eigenvalue weighted by Gasteiger charge is -2.25. The summed E-state index contributed by atoms with van der Waals surface area (Å²) in [4.78, 5) is 24.1. The number of hydrogen-bond acceptors (Lipinski definition) is 4. The molecule has 3 aromatic rings. The van der Waals surface area contributed by atoms with E-state index < -0.39 is 28.4 Å². The van der Waals surface area contributed by atoms with Crippen LogP contribution in [0.25, 0.3) is 0 Å². The highest BCUT2D eigenvalue weighted by molar-refractivity contribution is 7.92. The zero-order valence-electron chi connectivity index (χ0n) is 15.8. The molecule has 0 radical (unpaired) electrons. The molecule has 0 aromatic heterocycles. The molecule has 0 heterocycles. The Morgan fingerprint density at radius 3 is 2.23 bits per heavy atom. The Kier molecular flexibility index (Phi) is 6.84. The van der Waals surface area contributed by atoms with E-state index in [-0.39, 0.29) is 26.9 Å². The molecular weight excluding hydrogens is 463 g/mol. The van der Waals surface area contributed by atoms with Crippen LogP contribution in [0.5, 0.6) is 0 Å². The number of carboxylic acid groups (broad SMARTS) is 1. The number of amides is 1. The molecule has 31 heavy (non-hydrogen) atoms. The minimum atomic E-state index is -4.17. The lowest BCUT2D eigenvalue weighted by atomic mass is 10.2. The number of halogens is 2. The number of para-hydroxylation sites is 1. The predicted octanol–water partition coefficient (Wildman–Crippen LogP) is 4.53. The van der Waals surface area contributed by atoms with Crippen LogP contribution >= 0.6 is 23.2 Å². The van der Waals surface area contributed by atoms with Gasteiger partial charge in [0.15, 0.2) is 0 Å². The summed E-state index contributed by atoms with van der Waals surface area (Å²) in [6, 6.07) is 17.6. The lowest BCUT2D eigenvalue weighted by molar-refractivity contribution is -0.114. The van der Waals surface area contributed by atoms with Crippen molar-refractivity contribution in [2.75, 3.05) is 16.2 Å². The van der Waals surface area contributed by atoms with Crippen LogP contribution in [0.3, 0.4) is 0 Å². The van der Waals surface area contributed by atoms with E-state index in [0.29, 0.717) is 5.02 Å². The molecule has 0 atom stereocenters. The Balaban J connectivity index is 2.00. The van der Waals surface area contributed by atoms with E-state index in [1.165, 1.54) is 48.5 Å². The first-order valence-corrected chi connectivity index (χ1v) is 11.0. The topological polar surface area (TPSA) is 104 Å². The second-order valence-corrected chi connectivity index (χ2v) is 9.03. The van der Waals surface area contributed by atoms with Crippen LogP contribution in [-0.4, -0.2) is 31.9 Å². The summed E-state index contributed by atoms with van der Waals surface area (Å²) in [6.07, 6.45) is 0. The molecule has 0 aliphatic heterocycles. The standard InChI is InChI=1S/C21H16Cl2N2O5S/c22-14-10-11-19(17(23)12-14)25(31(29,30)15-6-2-1-3-7-15)13-20(26)24-18-9-5-4-8-16(18)21(27)28/h1-12H,13H2,(H,24,26)(H,27,28). The van der Waals surface area contributed by atoms with Crippen molar-refractivity contribution in [1.82, 2.24) is 0 Å². The molecule has 0 aliphatic rings. The van der Waals surface area contributed by atoms with Crippen LogP contribution in [0.4, 0.5) is 11.4 Å². The van der Waals surface area contributed by atoms with Crippen LogP contribution < -0.4 is 9.62 Å². The fourth-order valence-corrected chi connectivity index (χ4v) is 4.82. The number of aromatic carboxylic acids is 1. The largest absolute Gasteiger partial charge is 0.478 e. The number of hydrogen-bond donors (Lipinski definition) is 2. The Bertz CT molecular complexity index is 1230. The van der Waals surface area contributed by atoms with Crippen molar-refractivity contribution < 1.29 is 23.1 Å². The van der Waals surface area contributed by atoms with Gasteiger partial charge in [-0.1, -0.05) is 53.5 Å². The Labute approximate surface area is 188 Å². The highest BCUT2D eigenvalue weighted by Crippen LogP contribution is 2.32. The van der Waals surface area contributed by atoms with Crippen LogP contribution in [-0.2, 0) is 14.8 Å². The quantitative estimate of drug-likeness (QED) is 0.519. The zero-order valence-corrected chi connectivity index (χ0v) is 18.2. The van der Waals surface area contributed by atoms with E-state index in [1.807, 2.05) is 0 Å². The number of sulfonamides is 1. The average Bonchev–Trinajstić information content (AvgIpc) is 2.73. The van der Waals surface area contributed by atoms with Crippen LogP contribution in [0.15, 0.2) is 77.7 Å². The molecule has 3 rings (SSSR count). The van der Waals surface area contributed by atoms with Crippen molar-refractivity contribution in [2.24, 2.45) is 0 Å². The maximum Gasteiger partial charge on any atom is 0.337 e. The van der Waals surface area contributed by atoms with Crippen molar-refractivity contribution in [3.05, 3.63) is 88.4 Å². The number of rotatable bonds is 7. The van der Waals surface area contributed by atoms with Gasteiger partial charge in [-0.25, -0.2) is 13.2 Å². The highest BCUT2D eigenvalue weighted by Gasteiger charge is 2.29. The molecule has 2 N–H and O–H groups in total. The molecule has 0 aliphatic carbocycles. The third kappa shape index (κ3) is 5.16. The number of carbonyl (C=O) groups excluding carboxylic acids is 1. The van der Waals surface area contributed by atoms with Gasteiger partial charge in [-0.2, -0.15) is 0 Å². The summed E-state index contributed by atoms with van der Waals surface area (Å²) in [6.45, 7) is -0.646. The fourth-order valence-electron chi connectivity index (χ4n) is 2.80. The molecule has 160 valence electrons. The van der Waals surface area contributed by atoms with Crippen molar-refractivity contribution in [3.8, 4) is 0 Å². The molecule has 3 aromatic carbocycles. The molecule has 0 spiro atoms. The number of benzene rings is 3. The van der Waals surface area contributed by atoms with Crippen molar-refractivity contribution in [3.63, 3.8) is 0 Å². The van der Waals surface area contributed by atoms with Gasteiger partial charge in [-0.3, -0.25) is 9.10 Å². The van der Waals surface area contributed by atoms with Gasteiger partial charge in [0, 0.05) is 5.02 Å². The highest BCUT2D eigenvalue weighted by atomic mass is 35.5. The van der Waals surface area contributed by atoms with Gasteiger partial charge in [0.25, 0.3) is 10.0 Å².